The summed E-state index contributed by atoms with van der Waals surface area (Å²) in [4.78, 5) is 11.8. The lowest BCUT2D eigenvalue weighted by Gasteiger charge is -2.10. The zero-order chi connectivity index (χ0) is 15.9. The van der Waals surface area contributed by atoms with Gasteiger partial charge in [-0.25, -0.2) is 0 Å². The van der Waals surface area contributed by atoms with Crippen molar-refractivity contribution in [1.82, 2.24) is 25.5 Å². The Morgan fingerprint density at radius 2 is 2.14 bits per heavy atom. The van der Waals surface area contributed by atoms with Gasteiger partial charge in [0.25, 0.3) is 0 Å². The summed E-state index contributed by atoms with van der Waals surface area (Å²) < 4.78 is 6.72. The lowest BCUT2D eigenvalue weighted by atomic mass is 10.3. The van der Waals surface area contributed by atoms with Crippen molar-refractivity contribution in [3.8, 4) is 11.4 Å². The zero-order valence-electron chi connectivity index (χ0n) is 12.8. The fourth-order valence-corrected chi connectivity index (χ4v) is 2.41. The fourth-order valence-electron chi connectivity index (χ4n) is 1.70. The van der Waals surface area contributed by atoms with Gasteiger partial charge in [-0.3, -0.25) is 4.79 Å². The highest BCUT2D eigenvalue weighted by Gasteiger charge is 2.12. The van der Waals surface area contributed by atoms with Crippen LogP contribution in [0.1, 0.15) is 20.3 Å². The van der Waals surface area contributed by atoms with E-state index in [9.17, 15) is 4.79 Å². The van der Waals surface area contributed by atoms with Gasteiger partial charge in [-0.2, -0.15) is 4.68 Å². The molecule has 1 heterocycles. The number of hydrogen-bond donors (Lipinski definition) is 1. The number of amides is 1. The quantitative estimate of drug-likeness (QED) is 0.781. The lowest BCUT2D eigenvalue weighted by Crippen LogP contribution is -2.33. The van der Waals surface area contributed by atoms with E-state index in [1.165, 1.54) is 11.8 Å². The first kappa shape index (κ1) is 16.3. The number of nitrogens with one attached hydrogen (secondary N) is 1. The number of carbonyl (C=O) groups excluding carboxylic acids is 1. The van der Waals surface area contributed by atoms with Crippen LogP contribution in [0.2, 0.25) is 0 Å². The fraction of sp³-hybridized carbons (Fsp3) is 0.429. The van der Waals surface area contributed by atoms with E-state index < -0.39 is 0 Å². The van der Waals surface area contributed by atoms with Crippen molar-refractivity contribution in [3.05, 3.63) is 24.3 Å². The molecule has 2 rings (SSSR count). The van der Waals surface area contributed by atoms with Crippen molar-refractivity contribution in [2.75, 3.05) is 12.9 Å². The van der Waals surface area contributed by atoms with Crippen LogP contribution in [-0.2, 0) is 4.79 Å². The Bertz CT molecular complexity index is 614. The maximum absolute atomic E-state index is 11.8. The van der Waals surface area contributed by atoms with E-state index in [1.54, 1.807) is 11.8 Å². The summed E-state index contributed by atoms with van der Waals surface area (Å²) in [6.45, 7) is 4.01. The second-order valence-electron chi connectivity index (χ2n) is 4.74. The van der Waals surface area contributed by atoms with E-state index in [1.807, 2.05) is 38.1 Å². The molecule has 1 aromatic heterocycles. The molecule has 22 heavy (non-hydrogen) atoms. The number of carbonyl (C=O) groups is 1. The molecule has 7 nitrogen and oxygen atoms in total. The van der Waals surface area contributed by atoms with Gasteiger partial charge in [0.1, 0.15) is 5.75 Å². The molecule has 2 aromatic rings. The van der Waals surface area contributed by atoms with E-state index in [0.717, 1.165) is 17.9 Å². The third-order valence-electron chi connectivity index (χ3n) is 3.11. The highest BCUT2D eigenvalue weighted by Crippen LogP contribution is 2.20. The normalized spacial score (nSPS) is 12.0. The third kappa shape index (κ3) is 4.20. The van der Waals surface area contributed by atoms with Crippen LogP contribution in [0.4, 0.5) is 0 Å². The molecule has 0 saturated carbocycles. The number of nitrogens with zero attached hydrogens (tertiary/aromatic N) is 4. The van der Waals surface area contributed by atoms with Crippen molar-refractivity contribution in [2.24, 2.45) is 0 Å². The molecule has 0 radical (unpaired) electrons. The molecule has 1 N–H and O–H groups in total. The third-order valence-corrected chi connectivity index (χ3v) is 4.03. The number of tetrazole rings is 1. The van der Waals surface area contributed by atoms with Crippen LogP contribution in [-0.4, -0.2) is 45.0 Å². The Morgan fingerprint density at radius 3 is 2.77 bits per heavy atom. The van der Waals surface area contributed by atoms with Gasteiger partial charge in [0.05, 0.1) is 18.6 Å². The summed E-state index contributed by atoms with van der Waals surface area (Å²) in [5.74, 6) is 1.02. The average Bonchev–Trinajstić information content (AvgIpc) is 3.01. The summed E-state index contributed by atoms with van der Waals surface area (Å²) in [5.41, 5.74) is 0.815. The average molecular weight is 321 g/mol. The van der Waals surface area contributed by atoms with Gasteiger partial charge in [0, 0.05) is 6.04 Å². The van der Waals surface area contributed by atoms with Crippen LogP contribution in [0.15, 0.2) is 29.4 Å². The maximum Gasteiger partial charge on any atom is 0.230 e. The summed E-state index contributed by atoms with van der Waals surface area (Å²) in [7, 11) is 1.61. The molecule has 0 bridgehead atoms. The molecule has 0 saturated heterocycles. The first-order valence-corrected chi connectivity index (χ1v) is 7.97. The molecular formula is C14H19N5O2S. The largest absolute Gasteiger partial charge is 0.497 e. The summed E-state index contributed by atoms with van der Waals surface area (Å²) >= 11 is 1.30. The van der Waals surface area contributed by atoms with Crippen molar-refractivity contribution >= 4 is 17.7 Å². The smallest absolute Gasteiger partial charge is 0.230 e. The molecule has 0 aliphatic heterocycles. The minimum Gasteiger partial charge on any atom is -0.497 e. The Balaban J connectivity index is 2.01. The minimum absolute atomic E-state index is 0.0244. The van der Waals surface area contributed by atoms with E-state index in [4.69, 9.17) is 4.74 Å². The van der Waals surface area contributed by atoms with Crippen LogP contribution in [0.3, 0.4) is 0 Å². The number of methoxy groups -OCH3 is 1. The first-order chi connectivity index (χ1) is 10.6. The van der Waals surface area contributed by atoms with Gasteiger partial charge in [0.2, 0.25) is 11.1 Å². The SMILES string of the molecule is CCC(C)NC(=O)CSc1nnnn1-c1ccc(OC)cc1. The lowest BCUT2D eigenvalue weighted by molar-refractivity contribution is -0.119. The molecule has 0 spiro atoms. The highest BCUT2D eigenvalue weighted by atomic mass is 32.2. The first-order valence-electron chi connectivity index (χ1n) is 6.99. The van der Waals surface area contributed by atoms with Gasteiger partial charge < -0.3 is 10.1 Å². The molecular weight excluding hydrogens is 302 g/mol. The van der Waals surface area contributed by atoms with E-state index in [2.05, 4.69) is 20.8 Å². The Labute approximate surface area is 133 Å². The molecule has 1 aromatic carbocycles. The number of rotatable bonds is 7. The van der Waals surface area contributed by atoms with Gasteiger partial charge in [-0.15, -0.1) is 5.10 Å². The monoisotopic (exact) mass is 321 g/mol. The molecule has 8 heteroatoms. The molecule has 0 aliphatic rings. The van der Waals surface area contributed by atoms with E-state index in [-0.39, 0.29) is 17.7 Å². The number of benzene rings is 1. The summed E-state index contributed by atoms with van der Waals surface area (Å²) in [5, 5.41) is 15.1. The van der Waals surface area contributed by atoms with Crippen LogP contribution in [0.5, 0.6) is 5.75 Å². The van der Waals surface area contributed by atoms with Crippen molar-refractivity contribution < 1.29 is 9.53 Å². The molecule has 1 atom stereocenters. The van der Waals surface area contributed by atoms with Crippen LogP contribution >= 0.6 is 11.8 Å². The van der Waals surface area contributed by atoms with Crippen LogP contribution in [0.25, 0.3) is 5.69 Å². The van der Waals surface area contributed by atoms with E-state index in [0.29, 0.717) is 5.16 Å². The predicted octanol–water partition coefficient (Wildman–Crippen LogP) is 1.68. The van der Waals surface area contributed by atoms with E-state index >= 15 is 0 Å². The molecule has 118 valence electrons. The van der Waals surface area contributed by atoms with Crippen LogP contribution in [0, 0.1) is 0 Å². The molecule has 1 amide bonds. The second-order valence-corrected chi connectivity index (χ2v) is 5.68. The van der Waals surface area contributed by atoms with Gasteiger partial charge in [-0.05, 0) is 48.0 Å². The standard InChI is InChI=1S/C14H19N5O2S/c1-4-10(2)15-13(20)9-22-14-16-17-18-19(14)11-5-7-12(21-3)8-6-11/h5-8,10H,4,9H2,1-3H3,(H,15,20). The second kappa shape index (κ2) is 7.79. The highest BCUT2D eigenvalue weighted by molar-refractivity contribution is 7.99. The Hall–Kier alpha value is -2.09. The summed E-state index contributed by atoms with van der Waals surface area (Å²) in [6, 6.07) is 7.56. The number of hydrogen-bond acceptors (Lipinski definition) is 6. The number of aromatic nitrogens is 4. The topological polar surface area (TPSA) is 81.9 Å². The van der Waals surface area contributed by atoms with Gasteiger partial charge in [-0.1, -0.05) is 18.7 Å². The Morgan fingerprint density at radius 1 is 1.41 bits per heavy atom. The van der Waals surface area contributed by atoms with Gasteiger partial charge in [0.15, 0.2) is 0 Å². The molecule has 0 fully saturated rings. The molecule has 1 unspecified atom stereocenters. The molecule has 0 aliphatic carbocycles. The number of ether oxygens (including phenoxy) is 1. The van der Waals surface area contributed by atoms with Gasteiger partial charge >= 0.3 is 0 Å². The zero-order valence-corrected chi connectivity index (χ0v) is 13.6. The van der Waals surface area contributed by atoms with Crippen molar-refractivity contribution in [1.29, 1.82) is 0 Å². The van der Waals surface area contributed by atoms with Crippen molar-refractivity contribution in [2.45, 2.75) is 31.5 Å². The Kier molecular flexibility index (Phi) is 5.76. The van der Waals surface area contributed by atoms with Crippen molar-refractivity contribution in [3.63, 3.8) is 0 Å². The summed E-state index contributed by atoms with van der Waals surface area (Å²) in [6.07, 6.45) is 0.903. The minimum atomic E-state index is -0.0244. The van der Waals surface area contributed by atoms with Crippen LogP contribution < -0.4 is 10.1 Å². The predicted molar refractivity (Wildman–Crippen MR) is 84.3 cm³/mol. The maximum atomic E-state index is 11.8. The number of thioether (sulfide) groups is 1.